The van der Waals surface area contributed by atoms with Crippen LogP contribution in [0.1, 0.15) is 30.4 Å². The Labute approximate surface area is 183 Å². The molecule has 0 saturated heterocycles. The Morgan fingerprint density at radius 3 is 2.58 bits per heavy atom. The normalized spacial score (nSPS) is 11.4. The number of aromatic nitrogens is 2. The van der Waals surface area contributed by atoms with Crippen LogP contribution in [0.5, 0.6) is 0 Å². The lowest BCUT2D eigenvalue weighted by Crippen LogP contribution is -2.07. The Bertz CT molecular complexity index is 1190. The molecule has 0 saturated carbocycles. The largest absolute Gasteiger partial charge is 0.320 e. The second kappa shape index (κ2) is 9.44. The summed E-state index contributed by atoms with van der Waals surface area (Å²) in [6.45, 7) is 3.11. The van der Waals surface area contributed by atoms with Crippen LogP contribution in [0.4, 0.5) is 4.39 Å². The molecule has 0 unspecified atom stereocenters. The lowest BCUT2D eigenvalue weighted by molar-refractivity contribution is 0.630. The Morgan fingerprint density at radius 1 is 0.935 bits per heavy atom. The molecule has 31 heavy (non-hydrogen) atoms. The van der Waals surface area contributed by atoms with Crippen LogP contribution in [-0.4, -0.2) is 23.4 Å². The molecule has 4 aromatic rings. The summed E-state index contributed by atoms with van der Waals surface area (Å²) in [5.74, 6) is -0.234. The van der Waals surface area contributed by atoms with Crippen LogP contribution in [-0.2, 0) is 13.5 Å². The Balaban J connectivity index is 1.64. The van der Waals surface area contributed by atoms with Gasteiger partial charge in [0.15, 0.2) is 0 Å². The first-order valence-electron chi connectivity index (χ1n) is 11.0. The molecule has 0 aliphatic rings. The summed E-state index contributed by atoms with van der Waals surface area (Å²) in [5.41, 5.74) is 6.73. The van der Waals surface area contributed by atoms with E-state index in [-0.39, 0.29) is 5.82 Å². The smallest absolute Gasteiger partial charge is 0.133 e. The fraction of sp³-hybridized carbons (Fsp3) is 0.296. The molecular formula is C27H30FN3. The molecule has 0 aliphatic carbocycles. The Kier molecular flexibility index (Phi) is 6.47. The minimum atomic E-state index is -0.234. The highest BCUT2D eigenvalue weighted by molar-refractivity contribution is 5.94. The van der Waals surface area contributed by atoms with E-state index in [1.54, 1.807) is 6.07 Å². The van der Waals surface area contributed by atoms with Gasteiger partial charge in [-0.1, -0.05) is 48.9 Å². The summed E-state index contributed by atoms with van der Waals surface area (Å²) in [7, 11) is 3.90. The highest BCUT2D eigenvalue weighted by Gasteiger charge is 2.16. The number of nitrogens with one attached hydrogen (secondary N) is 1. The summed E-state index contributed by atoms with van der Waals surface area (Å²) in [5, 5.41) is 8.79. The highest BCUT2D eigenvalue weighted by Crippen LogP contribution is 2.33. The van der Waals surface area contributed by atoms with Gasteiger partial charge in [-0.3, -0.25) is 4.68 Å². The zero-order valence-corrected chi connectivity index (χ0v) is 18.6. The van der Waals surface area contributed by atoms with Gasteiger partial charge in [-0.2, -0.15) is 5.10 Å². The maximum Gasteiger partial charge on any atom is 0.133 e. The van der Waals surface area contributed by atoms with E-state index in [4.69, 9.17) is 0 Å². The van der Waals surface area contributed by atoms with Crippen LogP contribution in [0.15, 0.2) is 60.7 Å². The van der Waals surface area contributed by atoms with Gasteiger partial charge in [0.05, 0.1) is 5.52 Å². The maximum atomic E-state index is 15.3. The van der Waals surface area contributed by atoms with Crippen LogP contribution in [0.25, 0.3) is 33.3 Å². The van der Waals surface area contributed by atoms with E-state index in [2.05, 4.69) is 41.6 Å². The van der Waals surface area contributed by atoms with Crippen LogP contribution >= 0.6 is 0 Å². The molecule has 3 aromatic carbocycles. The zero-order valence-electron chi connectivity index (χ0n) is 18.6. The van der Waals surface area contributed by atoms with Gasteiger partial charge in [0, 0.05) is 18.0 Å². The van der Waals surface area contributed by atoms with Gasteiger partial charge < -0.3 is 5.32 Å². The van der Waals surface area contributed by atoms with E-state index in [0.29, 0.717) is 11.3 Å². The molecule has 0 spiro atoms. The van der Waals surface area contributed by atoms with Crippen molar-refractivity contribution in [3.05, 3.63) is 77.6 Å². The van der Waals surface area contributed by atoms with Gasteiger partial charge >= 0.3 is 0 Å². The molecule has 3 nitrogen and oxygen atoms in total. The number of fused-ring (bicyclic) bond motifs is 1. The summed E-state index contributed by atoms with van der Waals surface area (Å²) in [6, 6.07) is 20.1. The quantitative estimate of drug-likeness (QED) is 0.343. The third kappa shape index (κ3) is 4.54. The Morgan fingerprint density at radius 2 is 1.77 bits per heavy atom. The molecule has 1 N–H and O–H groups in total. The second-order valence-electron chi connectivity index (χ2n) is 8.26. The van der Waals surface area contributed by atoms with Crippen molar-refractivity contribution in [3.63, 3.8) is 0 Å². The van der Waals surface area contributed by atoms with Crippen molar-refractivity contribution in [2.24, 2.45) is 7.05 Å². The van der Waals surface area contributed by atoms with Crippen molar-refractivity contribution < 1.29 is 4.39 Å². The second-order valence-corrected chi connectivity index (χ2v) is 8.26. The molecule has 4 rings (SSSR count). The monoisotopic (exact) mass is 415 g/mol. The number of halogens is 1. The van der Waals surface area contributed by atoms with E-state index in [1.165, 1.54) is 24.0 Å². The molecule has 0 amide bonds. The van der Waals surface area contributed by atoms with Crippen molar-refractivity contribution >= 4 is 10.9 Å². The van der Waals surface area contributed by atoms with Crippen molar-refractivity contribution in [1.29, 1.82) is 0 Å². The van der Waals surface area contributed by atoms with Gasteiger partial charge in [0.1, 0.15) is 11.5 Å². The van der Waals surface area contributed by atoms with E-state index < -0.39 is 0 Å². The third-order valence-corrected chi connectivity index (χ3v) is 5.93. The first-order chi connectivity index (χ1) is 15.1. The summed E-state index contributed by atoms with van der Waals surface area (Å²) >= 11 is 0. The minimum absolute atomic E-state index is 0.234. The lowest BCUT2D eigenvalue weighted by atomic mass is 9.94. The van der Waals surface area contributed by atoms with Crippen LogP contribution < -0.4 is 5.32 Å². The van der Waals surface area contributed by atoms with E-state index in [0.717, 1.165) is 41.4 Å². The number of rotatable bonds is 8. The van der Waals surface area contributed by atoms with Crippen molar-refractivity contribution in [3.8, 4) is 22.4 Å². The van der Waals surface area contributed by atoms with Crippen molar-refractivity contribution in [1.82, 2.24) is 15.1 Å². The number of nitrogens with zero attached hydrogens (tertiary/aromatic N) is 2. The number of hydrogen-bond donors (Lipinski definition) is 1. The molecule has 1 aromatic heterocycles. The van der Waals surface area contributed by atoms with Crippen LogP contribution in [0, 0.1) is 12.7 Å². The lowest BCUT2D eigenvalue weighted by Gasteiger charge is -2.11. The highest BCUT2D eigenvalue weighted by atomic mass is 19.1. The molecule has 0 bridgehead atoms. The van der Waals surface area contributed by atoms with Gasteiger partial charge in [0.2, 0.25) is 0 Å². The molecular weight excluding hydrogens is 385 g/mol. The third-order valence-electron chi connectivity index (χ3n) is 5.93. The molecule has 4 heteroatoms. The fourth-order valence-electron chi connectivity index (χ4n) is 4.25. The SMILES string of the molecule is CNCCCCCc1ccccc1-c1ccc(-c2nn(C)c3cc(C)ccc23)c(F)c1. The molecule has 0 atom stereocenters. The zero-order chi connectivity index (χ0) is 21.8. The van der Waals surface area contributed by atoms with E-state index in [1.807, 2.05) is 49.1 Å². The van der Waals surface area contributed by atoms with Crippen LogP contribution in [0.2, 0.25) is 0 Å². The predicted molar refractivity (Wildman–Crippen MR) is 128 cm³/mol. The average Bonchev–Trinajstić information content (AvgIpc) is 3.09. The topological polar surface area (TPSA) is 29.9 Å². The number of benzene rings is 3. The standard InChI is InChI=1S/C27H30FN3/c1-19-12-14-24-26(17-19)31(3)30-27(24)23-15-13-21(18-25(23)28)22-11-7-6-10-20(22)9-5-4-8-16-29-2/h6-7,10-15,17-18,29H,4-5,8-9,16H2,1-3H3. The molecule has 0 radical (unpaired) electrons. The first kappa shape index (κ1) is 21.3. The van der Waals surface area contributed by atoms with E-state index in [9.17, 15) is 0 Å². The van der Waals surface area contributed by atoms with Gasteiger partial charge in [-0.05, 0) is 80.2 Å². The first-order valence-corrected chi connectivity index (χ1v) is 11.0. The molecule has 0 fully saturated rings. The molecule has 160 valence electrons. The van der Waals surface area contributed by atoms with Crippen molar-refractivity contribution in [2.45, 2.75) is 32.6 Å². The summed E-state index contributed by atoms with van der Waals surface area (Å²) < 4.78 is 17.1. The molecule has 0 aliphatic heterocycles. The fourth-order valence-corrected chi connectivity index (χ4v) is 4.25. The van der Waals surface area contributed by atoms with Gasteiger partial charge in [-0.25, -0.2) is 4.39 Å². The van der Waals surface area contributed by atoms with Crippen LogP contribution in [0.3, 0.4) is 0 Å². The van der Waals surface area contributed by atoms with Gasteiger partial charge in [0.25, 0.3) is 0 Å². The number of unbranched alkanes of at least 4 members (excludes halogenated alkanes) is 2. The van der Waals surface area contributed by atoms with Gasteiger partial charge in [-0.15, -0.1) is 0 Å². The summed E-state index contributed by atoms with van der Waals surface area (Å²) in [4.78, 5) is 0. The average molecular weight is 416 g/mol. The number of hydrogen-bond acceptors (Lipinski definition) is 2. The Hall–Kier alpha value is -2.98. The van der Waals surface area contributed by atoms with E-state index >= 15 is 4.39 Å². The van der Waals surface area contributed by atoms with Crippen molar-refractivity contribution in [2.75, 3.05) is 13.6 Å². The minimum Gasteiger partial charge on any atom is -0.320 e. The maximum absolute atomic E-state index is 15.3. The number of aryl methyl sites for hydroxylation is 3. The predicted octanol–water partition coefficient (Wildman–Crippen LogP) is 6.29. The molecule has 1 heterocycles. The summed E-state index contributed by atoms with van der Waals surface area (Å²) in [6.07, 6.45) is 4.51.